The van der Waals surface area contributed by atoms with E-state index in [-0.39, 0.29) is 0 Å². The molecule has 0 radical (unpaired) electrons. The average molecular weight is 230 g/mol. The number of hydrogen-bond acceptors (Lipinski definition) is 0. The Labute approximate surface area is 106 Å². The van der Waals surface area contributed by atoms with Gasteiger partial charge in [-0.1, -0.05) is 56.0 Å². The highest BCUT2D eigenvalue weighted by Gasteiger charge is 2.21. The number of rotatable bonds is 4. The van der Waals surface area contributed by atoms with Crippen molar-refractivity contribution >= 4 is 0 Å². The van der Waals surface area contributed by atoms with E-state index in [1.807, 2.05) is 0 Å². The molecule has 0 heterocycles. The van der Waals surface area contributed by atoms with Crippen LogP contribution in [0.25, 0.3) is 0 Å². The Kier molecular flexibility index (Phi) is 4.65. The summed E-state index contributed by atoms with van der Waals surface area (Å²) in [5.74, 6) is 1.86. The van der Waals surface area contributed by atoms with Gasteiger partial charge in [0.1, 0.15) is 0 Å². The molecule has 0 N–H and O–H groups in total. The van der Waals surface area contributed by atoms with Crippen molar-refractivity contribution in [1.82, 2.24) is 0 Å². The fourth-order valence-corrected chi connectivity index (χ4v) is 3.20. The molecule has 1 aromatic carbocycles. The molecule has 0 heteroatoms. The first kappa shape index (κ1) is 12.7. The molecule has 0 atom stereocenters. The highest BCUT2D eigenvalue weighted by atomic mass is 14.3. The topological polar surface area (TPSA) is 0 Å². The summed E-state index contributed by atoms with van der Waals surface area (Å²) in [4.78, 5) is 0. The Hall–Kier alpha value is -0.780. The largest absolute Gasteiger partial charge is 0.0654 e. The van der Waals surface area contributed by atoms with Gasteiger partial charge >= 0.3 is 0 Å². The molecule has 0 nitrogen and oxygen atoms in total. The number of unbranched alkanes of at least 4 members (excludes halogenated alkanes) is 1. The summed E-state index contributed by atoms with van der Waals surface area (Å²) in [7, 11) is 0. The maximum atomic E-state index is 2.39. The summed E-state index contributed by atoms with van der Waals surface area (Å²) < 4.78 is 0. The quantitative estimate of drug-likeness (QED) is 0.644. The first-order valence-corrected chi connectivity index (χ1v) is 7.36. The van der Waals surface area contributed by atoms with Crippen LogP contribution in [0.1, 0.15) is 68.9 Å². The van der Waals surface area contributed by atoms with Gasteiger partial charge in [0.05, 0.1) is 0 Å². The van der Waals surface area contributed by atoms with Crippen molar-refractivity contribution in [2.75, 3.05) is 0 Å². The van der Waals surface area contributed by atoms with E-state index >= 15 is 0 Å². The molecule has 0 amide bonds. The van der Waals surface area contributed by atoms with Crippen LogP contribution in [-0.2, 0) is 0 Å². The molecule has 0 spiro atoms. The molecule has 0 unspecified atom stereocenters. The van der Waals surface area contributed by atoms with E-state index in [9.17, 15) is 0 Å². The van der Waals surface area contributed by atoms with E-state index in [0.29, 0.717) is 0 Å². The van der Waals surface area contributed by atoms with Gasteiger partial charge in [-0.25, -0.2) is 0 Å². The predicted octanol–water partition coefficient (Wildman–Crippen LogP) is 5.46. The summed E-state index contributed by atoms with van der Waals surface area (Å²) in [5, 5.41) is 0. The molecule has 1 aliphatic rings. The van der Waals surface area contributed by atoms with E-state index in [1.165, 1.54) is 50.5 Å². The number of aryl methyl sites for hydroxylation is 1. The lowest BCUT2D eigenvalue weighted by atomic mass is 9.77. The normalized spacial score (nSPS) is 24.8. The number of hydrogen-bond donors (Lipinski definition) is 0. The Balaban J connectivity index is 1.86. The van der Waals surface area contributed by atoms with Gasteiger partial charge in [-0.15, -0.1) is 0 Å². The molecular formula is C17H26. The minimum absolute atomic E-state index is 0.841. The average Bonchev–Trinajstić information content (AvgIpc) is 2.37. The van der Waals surface area contributed by atoms with E-state index in [4.69, 9.17) is 0 Å². The molecule has 0 aromatic heterocycles. The van der Waals surface area contributed by atoms with Crippen molar-refractivity contribution in [2.24, 2.45) is 5.92 Å². The van der Waals surface area contributed by atoms with E-state index in [0.717, 1.165) is 11.8 Å². The second kappa shape index (κ2) is 6.23. The van der Waals surface area contributed by atoms with Crippen molar-refractivity contribution in [2.45, 2.75) is 64.7 Å². The van der Waals surface area contributed by atoms with Crippen LogP contribution in [0.15, 0.2) is 24.3 Å². The maximum absolute atomic E-state index is 2.39. The molecular weight excluding hydrogens is 204 g/mol. The zero-order chi connectivity index (χ0) is 12.1. The van der Waals surface area contributed by atoms with Crippen molar-refractivity contribution < 1.29 is 0 Å². The van der Waals surface area contributed by atoms with Crippen LogP contribution in [0.5, 0.6) is 0 Å². The van der Waals surface area contributed by atoms with Crippen LogP contribution < -0.4 is 0 Å². The standard InChI is InChI=1S/C17H26/c1-3-4-7-15-9-11-16(12-10-15)17-8-5-6-14(2)13-17/h5-6,8,13,15-16H,3-4,7,9-12H2,1-2H3. The Morgan fingerprint density at radius 1 is 1.12 bits per heavy atom. The van der Waals surface area contributed by atoms with Crippen LogP contribution in [-0.4, -0.2) is 0 Å². The van der Waals surface area contributed by atoms with Crippen LogP contribution in [0.2, 0.25) is 0 Å². The lowest BCUT2D eigenvalue weighted by Gasteiger charge is -2.29. The number of benzene rings is 1. The summed E-state index contributed by atoms with van der Waals surface area (Å²) >= 11 is 0. The predicted molar refractivity (Wildman–Crippen MR) is 75.4 cm³/mol. The molecule has 17 heavy (non-hydrogen) atoms. The maximum Gasteiger partial charge on any atom is -0.0162 e. The fourth-order valence-electron chi connectivity index (χ4n) is 3.20. The molecule has 1 aromatic rings. The molecule has 0 aliphatic heterocycles. The van der Waals surface area contributed by atoms with Crippen LogP contribution in [0.4, 0.5) is 0 Å². The molecule has 1 saturated carbocycles. The first-order chi connectivity index (χ1) is 8.29. The van der Waals surface area contributed by atoms with E-state index in [2.05, 4.69) is 38.1 Å². The third-order valence-corrected chi connectivity index (χ3v) is 4.33. The Morgan fingerprint density at radius 2 is 1.88 bits per heavy atom. The van der Waals surface area contributed by atoms with Crippen LogP contribution >= 0.6 is 0 Å². The Bertz CT molecular complexity index is 332. The Morgan fingerprint density at radius 3 is 2.53 bits per heavy atom. The molecule has 1 fully saturated rings. The van der Waals surface area contributed by atoms with Crippen LogP contribution in [0, 0.1) is 12.8 Å². The third kappa shape index (κ3) is 3.59. The fraction of sp³-hybridized carbons (Fsp3) is 0.647. The van der Waals surface area contributed by atoms with Gasteiger partial charge < -0.3 is 0 Å². The summed E-state index contributed by atoms with van der Waals surface area (Å²) in [6.45, 7) is 4.51. The lowest BCUT2D eigenvalue weighted by molar-refractivity contribution is 0.304. The van der Waals surface area contributed by atoms with Crippen molar-refractivity contribution in [3.05, 3.63) is 35.4 Å². The smallest absolute Gasteiger partial charge is 0.0162 e. The molecule has 94 valence electrons. The highest BCUT2D eigenvalue weighted by molar-refractivity contribution is 5.25. The first-order valence-electron chi connectivity index (χ1n) is 7.36. The van der Waals surface area contributed by atoms with Gasteiger partial charge in [0.15, 0.2) is 0 Å². The van der Waals surface area contributed by atoms with Gasteiger partial charge in [-0.3, -0.25) is 0 Å². The second-order valence-electron chi connectivity index (χ2n) is 5.77. The molecule has 2 rings (SSSR count). The van der Waals surface area contributed by atoms with E-state index < -0.39 is 0 Å². The van der Waals surface area contributed by atoms with Gasteiger partial charge in [0.2, 0.25) is 0 Å². The SMILES string of the molecule is CCCCC1CCC(c2cccc(C)c2)CC1. The van der Waals surface area contributed by atoms with E-state index in [1.54, 1.807) is 5.56 Å². The van der Waals surface area contributed by atoms with Crippen molar-refractivity contribution in [3.8, 4) is 0 Å². The van der Waals surface area contributed by atoms with Gasteiger partial charge in [0.25, 0.3) is 0 Å². The van der Waals surface area contributed by atoms with Crippen molar-refractivity contribution in [3.63, 3.8) is 0 Å². The lowest BCUT2D eigenvalue weighted by Crippen LogP contribution is -2.13. The van der Waals surface area contributed by atoms with Gasteiger partial charge in [0, 0.05) is 0 Å². The molecule has 1 aliphatic carbocycles. The third-order valence-electron chi connectivity index (χ3n) is 4.33. The minimum atomic E-state index is 0.841. The van der Waals surface area contributed by atoms with Crippen LogP contribution in [0.3, 0.4) is 0 Å². The highest BCUT2D eigenvalue weighted by Crippen LogP contribution is 2.37. The van der Waals surface area contributed by atoms with Gasteiger partial charge in [-0.2, -0.15) is 0 Å². The summed E-state index contributed by atoms with van der Waals surface area (Å²) in [6, 6.07) is 9.13. The zero-order valence-electron chi connectivity index (χ0n) is 11.4. The summed E-state index contributed by atoms with van der Waals surface area (Å²) in [6.07, 6.45) is 10.0. The van der Waals surface area contributed by atoms with Gasteiger partial charge in [-0.05, 0) is 50.0 Å². The molecule has 0 bridgehead atoms. The monoisotopic (exact) mass is 230 g/mol. The second-order valence-corrected chi connectivity index (χ2v) is 5.77. The summed E-state index contributed by atoms with van der Waals surface area (Å²) in [5.41, 5.74) is 2.99. The minimum Gasteiger partial charge on any atom is -0.0654 e. The zero-order valence-corrected chi connectivity index (χ0v) is 11.4. The van der Waals surface area contributed by atoms with Crippen molar-refractivity contribution in [1.29, 1.82) is 0 Å². The molecule has 0 saturated heterocycles.